The van der Waals surface area contributed by atoms with Gasteiger partial charge in [0, 0.05) is 57.4 Å². The van der Waals surface area contributed by atoms with Gasteiger partial charge in [-0.25, -0.2) is 4.79 Å². The first-order chi connectivity index (χ1) is 36.5. The lowest BCUT2D eigenvalue weighted by atomic mass is 9.77. The maximum absolute atomic E-state index is 14.6. The van der Waals surface area contributed by atoms with Gasteiger partial charge in [-0.2, -0.15) is 0 Å². The summed E-state index contributed by atoms with van der Waals surface area (Å²) in [6.07, 6.45) is -5.81. The number of nitrogens with zero attached hydrogens (tertiary/aromatic N) is 3. The molecule has 6 rings (SSSR count). The molecule has 2 aromatic rings. The van der Waals surface area contributed by atoms with E-state index in [0.29, 0.717) is 75.1 Å². The number of methoxy groups -OCH3 is 1. The van der Waals surface area contributed by atoms with E-state index in [0.717, 1.165) is 5.56 Å². The number of hydrogen-bond acceptors (Lipinski definition) is 19. The van der Waals surface area contributed by atoms with Gasteiger partial charge < -0.3 is 83.1 Å². The zero-order valence-corrected chi connectivity index (χ0v) is 48.6. The molecule has 0 spiro atoms. The SMILES string of the molecule is CC[C@H]1OC(=O)[C@H](C)[C@@H](O[C@H]2C[C@@](C)(OC)[C@@H](OC(=O)CCNCCCc3cc4c5c(c3)c(=O)c(C(=O)O)cn5CCCO4)[C@H](C)O2)[C@H](C)[C@@H](O[C@@H]2O[C@H](C)C[C@H](N(C)C)[C@H]2O)[C@](C)(O)C[C@@H](C)CN(C)[C@H](C)[C@@H](O)[C@]1(C)O. The third-order valence-electron chi connectivity index (χ3n) is 17.0. The van der Waals surface area contributed by atoms with Crippen molar-refractivity contribution in [3.8, 4) is 5.75 Å². The van der Waals surface area contributed by atoms with E-state index in [-0.39, 0.29) is 49.3 Å². The van der Waals surface area contributed by atoms with Crippen LogP contribution in [0.4, 0.5) is 0 Å². The number of aliphatic hydroxyl groups excluding tert-OH is 2. The molecule has 1 aromatic heterocycles. The fourth-order valence-corrected chi connectivity index (χ4v) is 12.4. The predicted octanol–water partition coefficient (Wildman–Crippen LogP) is 3.86. The molecule has 442 valence electrons. The predicted molar refractivity (Wildman–Crippen MR) is 289 cm³/mol. The molecule has 21 nitrogen and oxygen atoms in total. The van der Waals surface area contributed by atoms with Crippen molar-refractivity contribution in [1.82, 2.24) is 19.7 Å². The Bertz CT molecular complexity index is 2420. The number of esters is 2. The minimum atomic E-state index is -1.87. The van der Waals surface area contributed by atoms with Gasteiger partial charge in [-0.1, -0.05) is 20.8 Å². The number of aromatic nitrogens is 1. The summed E-state index contributed by atoms with van der Waals surface area (Å²) in [4.78, 5) is 57.1. The Balaban J connectivity index is 1.18. The number of ether oxygens (including phenoxy) is 8. The summed E-state index contributed by atoms with van der Waals surface area (Å²) in [6, 6.07) is 2.72. The van der Waals surface area contributed by atoms with Gasteiger partial charge in [0.25, 0.3) is 0 Å². The third-order valence-corrected chi connectivity index (χ3v) is 17.0. The van der Waals surface area contributed by atoms with Crippen molar-refractivity contribution in [3.05, 3.63) is 39.7 Å². The van der Waals surface area contributed by atoms with Crippen molar-refractivity contribution in [1.29, 1.82) is 0 Å². The number of likely N-dealkylation sites (N-methyl/N-ethyl adjacent to an activating group) is 2. The van der Waals surface area contributed by atoms with Crippen LogP contribution in [0.1, 0.15) is 130 Å². The molecule has 0 radical (unpaired) electrons. The standard InChI is InChI=1S/C57H92N4O17/c1-15-42-57(10,70)49(65)35(6)60(13)29-31(2)27-55(8,69)50(78-54-47(64)40(59(11)12)24-32(3)73-54)33(4)48(34(5)53(68)75-42)77-44-28-56(9,71-14)51(36(7)74-44)76-43(62)19-21-58-20-16-18-37-25-38-45-41(26-37)72-23-17-22-61(45)30-39(46(38)63)52(66)67/h25-26,30-36,40,42,44,47-51,54,58,64-65,69-70H,15-24,27-29H2,1-14H3,(H,66,67)/t31-,32-,33+,34-,35-,36+,40+,42-,44+,47-,48+,49-,50-,51+,54+,55-,56-,57-/m1/s1. The number of nitrogens with one attached hydrogen (secondary N) is 1. The fraction of sp³-hybridized carbons (Fsp3) is 0.789. The number of carboxylic acid groups (broad SMARTS) is 1. The number of benzene rings is 1. The summed E-state index contributed by atoms with van der Waals surface area (Å²) < 4.78 is 52.7. The Labute approximate surface area is 460 Å². The molecule has 6 N–H and O–H groups in total. The molecule has 3 saturated heterocycles. The molecule has 4 aliphatic rings. The number of aryl methyl sites for hydroxylation is 2. The zero-order chi connectivity index (χ0) is 57.8. The minimum Gasteiger partial charge on any atom is -0.491 e. The van der Waals surface area contributed by atoms with Gasteiger partial charge in [-0.3, -0.25) is 14.4 Å². The van der Waals surface area contributed by atoms with Gasteiger partial charge in [-0.05, 0) is 138 Å². The summed E-state index contributed by atoms with van der Waals surface area (Å²) in [5.74, 6) is -4.10. The van der Waals surface area contributed by atoms with Crippen molar-refractivity contribution < 1.29 is 77.8 Å². The van der Waals surface area contributed by atoms with Gasteiger partial charge in [0.1, 0.15) is 40.8 Å². The molecule has 0 saturated carbocycles. The van der Waals surface area contributed by atoms with E-state index in [4.69, 9.17) is 37.9 Å². The number of pyridine rings is 1. The number of cyclic esters (lactones) is 1. The molecule has 5 heterocycles. The van der Waals surface area contributed by atoms with Crippen LogP contribution in [-0.2, 0) is 55.7 Å². The zero-order valence-electron chi connectivity index (χ0n) is 48.6. The van der Waals surface area contributed by atoms with Crippen molar-refractivity contribution in [2.75, 3.05) is 54.5 Å². The van der Waals surface area contributed by atoms with Gasteiger partial charge in [0.05, 0.1) is 59.9 Å². The molecule has 0 amide bonds. The molecular weight excluding hydrogens is 1010 g/mol. The van der Waals surface area contributed by atoms with Crippen LogP contribution in [0.25, 0.3) is 10.9 Å². The summed E-state index contributed by atoms with van der Waals surface area (Å²) in [6.45, 7) is 19.7. The molecule has 21 heteroatoms. The Morgan fingerprint density at radius 2 is 1.67 bits per heavy atom. The summed E-state index contributed by atoms with van der Waals surface area (Å²) in [5.41, 5.74) is -4.07. The number of aromatic carboxylic acids is 1. The first kappa shape index (κ1) is 63.3. The van der Waals surface area contributed by atoms with Gasteiger partial charge in [-0.15, -0.1) is 0 Å². The van der Waals surface area contributed by atoms with Crippen molar-refractivity contribution in [3.63, 3.8) is 0 Å². The van der Waals surface area contributed by atoms with E-state index in [2.05, 4.69) is 5.32 Å². The van der Waals surface area contributed by atoms with Crippen LogP contribution in [0, 0.1) is 17.8 Å². The van der Waals surface area contributed by atoms with Crippen molar-refractivity contribution in [2.24, 2.45) is 17.8 Å². The molecule has 0 unspecified atom stereocenters. The van der Waals surface area contributed by atoms with Gasteiger partial charge in [0.2, 0.25) is 5.43 Å². The highest BCUT2D eigenvalue weighted by Crippen LogP contribution is 2.41. The van der Waals surface area contributed by atoms with Crippen LogP contribution in [-0.4, -0.2) is 203 Å². The molecule has 4 aliphatic heterocycles. The van der Waals surface area contributed by atoms with Crippen LogP contribution in [0.5, 0.6) is 5.75 Å². The Morgan fingerprint density at radius 3 is 2.32 bits per heavy atom. The second-order valence-electron chi connectivity index (χ2n) is 23.8. The minimum absolute atomic E-state index is 0.0267. The third kappa shape index (κ3) is 14.4. The van der Waals surface area contributed by atoms with Crippen molar-refractivity contribution >= 4 is 28.8 Å². The van der Waals surface area contributed by atoms with Gasteiger partial charge in [0.15, 0.2) is 18.7 Å². The highest BCUT2D eigenvalue weighted by molar-refractivity contribution is 5.94. The average molecular weight is 1110 g/mol. The molecule has 0 aliphatic carbocycles. The number of aliphatic hydroxyl groups is 4. The van der Waals surface area contributed by atoms with Crippen LogP contribution in [0.3, 0.4) is 0 Å². The second-order valence-corrected chi connectivity index (χ2v) is 23.8. The number of carbonyl (C=O) groups excluding carboxylic acids is 2. The lowest BCUT2D eigenvalue weighted by Crippen LogP contribution is -2.61. The largest absolute Gasteiger partial charge is 0.491 e. The van der Waals surface area contributed by atoms with E-state index in [1.54, 1.807) is 59.1 Å². The summed E-state index contributed by atoms with van der Waals surface area (Å²) in [5, 5.41) is 61.5. The maximum atomic E-state index is 14.6. The highest BCUT2D eigenvalue weighted by Gasteiger charge is 2.54. The van der Waals surface area contributed by atoms with E-state index in [9.17, 15) is 44.7 Å². The Morgan fingerprint density at radius 1 is 0.962 bits per heavy atom. The van der Waals surface area contributed by atoms with E-state index >= 15 is 0 Å². The van der Waals surface area contributed by atoms with Crippen molar-refractivity contribution in [2.45, 2.75) is 217 Å². The Hall–Kier alpha value is -3.84. The highest BCUT2D eigenvalue weighted by atomic mass is 16.7. The normalized spacial score (nSPS) is 37.7. The molecule has 18 atom stereocenters. The topological polar surface area (TPSA) is 267 Å². The van der Waals surface area contributed by atoms with Crippen LogP contribution < -0.4 is 15.5 Å². The lowest BCUT2D eigenvalue weighted by molar-refractivity contribution is -0.318. The molecule has 78 heavy (non-hydrogen) atoms. The number of hydrogen-bond donors (Lipinski definition) is 6. The lowest BCUT2D eigenvalue weighted by Gasteiger charge is -2.49. The van der Waals surface area contributed by atoms with E-state index < -0.39 is 113 Å². The fourth-order valence-electron chi connectivity index (χ4n) is 12.4. The second kappa shape index (κ2) is 26.4. The van der Waals surface area contributed by atoms with Gasteiger partial charge >= 0.3 is 17.9 Å². The molecule has 1 aromatic carbocycles. The van der Waals surface area contributed by atoms with Crippen LogP contribution >= 0.6 is 0 Å². The number of rotatable bonds is 16. The monoisotopic (exact) mass is 1100 g/mol. The van der Waals surface area contributed by atoms with Crippen LogP contribution in [0.15, 0.2) is 23.1 Å². The number of carboxylic acids is 1. The number of carbonyl (C=O) groups is 3. The summed E-state index contributed by atoms with van der Waals surface area (Å²) >= 11 is 0. The molecule has 0 bridgehead atoms. The van der Waals surface area contributed by atoms with E-state index in [1.807, 2.05) is 50.9 Å². The van der Waals surface area contributed by atoms with Crippen LogP contribution in [0.2, 0.25) is 0 Å². The smallest absolute Gasteiger partial charge is 0.341 e. The quantitative estimate of drug-likeness (QED) is 0.103. The first-order valence-electron chi connectivity index (χ1n) is 28.1. The van der Waals surface area contributed by atoms with E-state index in [1.165, 1.54) is 20.2 Å². The Kier molecular flexibility index (Phi) is 21.4. The maximum Gasteiger partial charge on any atom is 0.341 e. The molecular formula is C57H92N4O17. The average Bonchev–Trinajstić information content (AvgIpc) is 3.61. The summed E-state index contributed by atoms with van der Waals surface area (Å²) in [7, 11) is 7.08. The molecule has 3 fully saturated rings. The first-order valence-corrected chi connectivity index (χ1v) is 28.1.